The first kappa shape index (κ1) is 44.6. The van der Waals surface area contributed by atoms with Gasteiger partial charge >= 0.3 is 12.0 Å². The van der Waals surface area contributed by atoms with Gasteiger partial charge in [0.15, 0.2) is 0 Å². The lowest BCUT2D eigenvalue weighted by Gasteiger charge is -2.41. The number of hydrogen-bond donors (Lipinski definition) is 3. The van der Waals surface area contributed by atoms with Crippen molar-refractivity contribution in [3.8, 4) is 22.5 Å². The highest BCUT2D eigenvalue weighted by atomic mass is 32.1. The lowest BCUT2D eigenvalue weighted by atomic mass is 9.84. The summed E-state index contributed by atoms with van der Waals surface area (Å²) in [5, 5.41) is 11.6. The van der Waals surface area contributed by atoms with Crippen LogP contribution >= 0.6 is 11.3 Å². The number of rotatable bonds is 9. The van der Waals surface area contributed by atoms with Crippen LogP contribution in [0.2, 0.25) is 0 Å². The Hall–Kier alpha value is -4.45. The molecule has 3 aliphatic rings. The SMILES string of the molecule is CCn1c(-c2cccnc2[C@H](C)OC)c2c3cc(ccc31)-c1csc(n1)[C@@H](OCCN(C)C)[C@H](NC(=O)N1[C@@H](C)CNC[C@@H]1C)C(=O)N1CCC[C@H](N1)C(=O)OCC(C)(C)C2. The zero-order valence-electron chi connectivity index (χ0n) is 37.1. The number of benzene rings is 1. The van der Waals surface area contributed by atoms with Crippen molar-refractivity contribution in [3.05, 3.63) is 58.2 Å². The maximum Gasteiger partial charge on any atom is 0.324 e. The van der Waals surface area contributed by atoms with Gasteiger partial charge in [0.2, 0.25) is 0 Å². The molecule has 7 rings (SSSR count). The van der Waals surface area contributed by atoms with Crippen molar-refractivity contribution in [1.29, 1.82) is 0 Å². The van der Waals surface area contributed by atoms with Gasteiger partial charge in [0, 0.05) is 90.9 Å². The Balaban J connectivity index is 1.40. The molecule has 6 heterocycles. The van der Waals surface area contributed by atoms with Crippen LogP contribution in [0.4, 0.5) is 4.79 Å². The number of nitrogens with zero attached hydrogens (tertiary/aromatic N) is 6. The molecule has 0 saturated carbocycles. The molecule has 0 spiro atoms. The summed E-state index contributed by atoms with van der Waals surface area (Å²) in [6.45, 7) is 15.7. The number of hydrogen-bond acceptors (Lipinski definition) is 12. The summed E-state index contributed by atoms with van der Waals surface area (Å²) in [6, 6.07) is 8.01. The molecule has 6 atom stereocenters. The summed E-state index contributed by atoms with van der Waals surface area (Å²) >= 11 is 1.40. The minimum absolute atomic E-state index is 0.106. The van der Waals surface area contributed by atoms with Crippen molar-refractivity contribution in [1.82, 2.24) is 45.4 Å². The number of fused-ring (bicyclic) bond motifs is 6. The number of nitrogens with one attached hydrogen (secondary N) is 3. The molecule has 3 amide bonds. The van der Waals surface area contributed by atoms with Crippen LogP contribution in [0.5, 0.6) is 0 Å². The van der Waals surface area contributed by atoms with E-state index in [4.69, 9.17) is 24.2 Å². The first-order valence-electron chi connectivity index (χ1n) is 21.6. The van der Waals surface area contributed by atoms with E-state index in [1.807, 2.05) is 51.2 Å². The topological polar surface area (TPSA) is 155 Å². The van der Waals surface area contributed by atoms with E-state index in [-0.39, 0.29) is 37.4 Å². The molecule has 2 saturated heterocycles. The molecule has 0 aliphatic carbocycles. The third-order valence-electron chi connectivity index (χ3n) is 12.1. The molecule has 0 unspecified atom stereocenters. The zero-order valence-corrected chi connectivity index (χ0v) is 37.9. The van der Waals surface area contributed by atoms with Gasteiger partial charge in [0.1, 0.15) is 23.2 Å². The van der Waals surface area contributed by atoms with Crippen molar-refractivity contribution in [2.24, 2.45) is 5.41 Å². The predicted octanol–water partition coefficient (Wildman–Crippen LogP) is 5.55. The summed E-state index contributed by atoms with van der Waals surface area (Å²) in [4.78, 5) is 57.0. The van der Waals surface area contributed by atoms with Crippen molar-refractivity contribution in [2.75, 3.05) is 60.6 Å². The summed E-state index contributed by atoms with van der Waals surface area (Å²) in [5.41, 5.74) is 9.42. The molecule has 330 valence electrons. The molecule has 6 bridgehead atoms. The Morgan fingerprint density at radius 1 is 1.16 bits per heavy atom. The Kier molecular flexibility index (Phi) is 13.8. The third kappa shape index (κ3) is 9.49. The van der Waals surface area contributed by atoms with Crippen LogP contribution in [0.25, 0.3) is 33.4 Å². The first-order chi connectivity index (χ1) is 29.2. The van der Waals surface area contributed by atoms with E-state index in [2.05, 4.69) is 65.7 Å². The molecular weight excluding hydrogens is 795 g/mol. The van der Waals surface area contributed by atoms with Crippen LogP contribution in [0.15, 0.2) is 41.9 Å². The normalized spacial score (nSPS) is 24.1. The maximum atomic E-state index is 14.9. The van der Waals surface area contributed by atoms with E-state index in [0.717, 1.165) is 44.7 Å². The van der Waals surface area contributed by atoms with Gasteiger partial charge in [0.25, 0.3) is 5.91 Å². The summed E-state index contributed by atoms with van der Waals surface area (Å²) < 4.78 is 20.9. The summed E-state index contributed by atoms with van der Waals surface area (Å²) in [7, 11) is 5.61. The minimum atomic E-state index is -1.17. The molecule has 0 radical (unpaired) electrons. The Labute approximate surface area is 363 Å². The van der Waals surface area contributed by atoms with Crippen LogP contribution in [0.3, 0.4) is 0 Å². The molecule has 3 aromatic heterocycles. The maximum absolute atomic E-state index is 14.9. The van der Waals surface area contributed by atoms with Crippen LogP contribution in [0, 0.1) is 5.41 Å². The number of carbonyl (C=O) groups is 3. The van der Waals surface area contributed by atoms with E-state index in [0.29, 0.717) is 57.0 Å². The fourth-order valence-electron chi connectivity index (χ4n) is 8.86. The Morgan fingerprint density at radius 2 is 1.93 bits per heavy atom. The van der Waals surface area contributed by atoms with Crippen molar-refractivity contribution >= 4 is 40.1 Å². The molecule has 2 fully saturated rings. The number of likely N-dealkylation sites (N-methyl/N-ethyl adjacent to an activating group) is 1. The highest BCUT2D eigenvalue weighted by molar-refractivity contribution is 7.10. The van der Waals surface area contributed by atoms with E-state index >= 15 is 0 Å². The standard InChI is InChI=1S/C45H63N9O6S/c1-10-52-36-16-15-30-21-32(36)33(39(52)31-13-11-17-47-37(31)29(4)58-9)22-45(5,6)26-60-43(56)34-14-12-18-53(50-34)42(55)38(49-44(57)54-27(2)23-46-24-28(54)3)40(59-20-19-51(7)8)41-48-35(30)25-61-41/h11,13,15-17,21,25,27-29,34,38,40,46,50H,10,12,14,18-20,22-24,26H2,1-9H3,(H,49,57)/t27-,28-,29-,34-,38-,40-/m0/s1. The van der Waals surface area contributed by atoms with Crippen LogP contribution in [-0.2, 0) is 36.8 Å². The molecular formula is C45H63N9O6S. The number of urea groups is 1. The highest BCUT2D eigenvalue weighted by Crippen LogP contribution is 2.42. The molecule has 16 heteroatoms. The molecule has 15 nitrogen and oxygen atoms in total. The van der Waals surface area contributed by atoms with Gasteiger partial charge < -0.3 is 39.2 Å². The second-order valence-electron chi connectivity index (χ2n) is 17.7. The van der Waals surface area contributed by atoms with E-state index in [1.165, 1.54) is 16.3 Å². The average Bonchev–Trinajstić information content (AvgIpc) is 3.85. The third-order valence-corrected chi connectivity index (χ3v) is 13.0. The fourth-order valence-corrected chi connectivity index (χ4v) is 9.77. The first-order valence-corrected chi connectivity index (χ1v) is 22.5. The molecule has 61 heavy (non-hydrogen) atoms. The number of methoxy groups -OCH3 is 1. The Morgan fingerprint density at radius 3 is 2.66 bits per heavy atom. The van der Waals surface area contributed by atoms with Crippen molar-refractivity contribution < 1.29 is 28.6 Å². The second-order valence-corrected chi connectivity index (χ2v) is 18.6. The zero-order chi connectivity index (χ0) is 43.6. The van der Waals surface area contributed by atoms with Gasteiger partial charge in [-0.3, -0.25) is 19.6 Å². The largest absolute Gasteiger partial charge is 0.464 e. The minimum Gasteiger partial charge on any atom is -0.464 e. The second kappa shape index (κ2) is 18.9. The van der Waals surface area contributed by atoms with Gasteiger partial charge in [-0.1, -0.05) is 19.9 Å². The number of amides is 3. The van der Waals surface area contributed by atoms with Crippen molar-refractivity contribution in [3.63, 3.8) is 0 Å². The van der Waals surface area contributed by atoms with Gasteiger partial charge in [-0.2, -0.15) is 0 Å². The van der Waals surface area contributed by atoms with Gasteiger partial charge in [-0.15, -0.1) is 11.3 Å². The van der Waals surface area contributed by atoms with E-state index in [9.17, 15) is 14.4 Å². The number of piperazine rings is 1. The number of aryl methyl sites for hydroxylation is 1. The predicted molar refractivity (Wildman–Crippen MR) is 237 cm³/mol. The quantitative estimate of drug-likeness (QED) is 0.182. The molecule has 3 aliphatic heterocycles. The molecule has 3 N–H and O–H groups in total. The number of aromatic nitrogens is 3. The van der Waals surface area contributed by atoms with E-state index in [1.54, 1.807) is 18.2 Å². The number of pyridine rings is 1. The fraction of sp³-hybridized carbons (Fsp3) is 0.578. The molecule has 1 aromatic carbocycles. The highest BCUT2D eigenvalue weighted by Gasteiger charge is 2.42. The van der Waals surface area contributed by atoms with Crippen LogP contribution < -0.4 is 16.1 Å². The smallest absolute Gasteiger partial charge is 0.324 e. The average molecular weight is 858 g/mol. The van der Waals surface area contributed by atoms with Crippen LogP contribution in [0.1, 0.15) is 82.9 Å². The molecule has 4 aromatic rings. The lowest BCUT2D eigenvalue weighted by Crippen LogP contribution is -2.65. The summed E-state index contributed by atoms with van der Waals surface area (Å²) in [5.74, 6) is -0.840. The van der Waals surface area contributed by atoms with E-state index < -0.39 is 35.5 Å². The number of esters is 1. The summed E-state index contributed by atoms with van der Waals surface area (Å²) in [6.07, 6.45) is 2.27. The number of carbonyl (C=O) groups excluding carboxylic acids is 3. The monoisotopic (exact) mass is 857 g/mol. The van der Waals surface area contributed by atoms with Gasteiger partial charge in [-0.25, -0.2) is 15.2 Å². The number of thiazole rings is 1. The van der Waals surface area contributed by atoms with Crippen LogP contribution in [-0.4, -0.2) is 132 Å². The number of ether oxygens (including phenoxy) is 3. The lowest BCUT2D eigenvalue weighted by molar-refractivity contribution is -0.156. The Bertz CT molecular complexity index is 2200. The van der Waals surface area contributed by atoms with Gasteiger partial charge in [0.05, 0.1) is 36.4 Å². The number of cyclic esters (lactones) is 1. The van der Waals surface area contributed by atoms with Gasteiger partial charge in [-0.05, 0) is 90.9 Å². The number of hydrazine groups is 1. The van der Waals surface area contributed by atoms with Crippen molar-refractivity contribution in [2.45, 2.75) is 104 Å².